The normalized spacial score (nSPS) is 20.6. The summed E-state index contributed by atoms with van der Waals surface area (Å²) in [6.45, 7) is -0.185. The molecule has 1 amide bonds. The molecule has 1 spiro atoms. The van der Waals surface area contributed by atoms with E-state index in [0.29, 0.717) is 28.2 Å². The Balaban J connectivity index is 1.62. The van der Waals surface area contributed by atoms with Crippen LogP contribution >= 0.6 is 0 Å². The van der Waals surface area contributed by atoms with Gasteiger partial charge in [0, 0.05) is 22.5 Å². The molecule has 3 aromatic rings. The summed E-state index contributed by atoms with van der Waals surface area (Å²) < 4.78 is 20.0. The number of hydrogen-bond donors (Lipinski definition) is 1. The number of nitrogens with two attached hydrogens (primary N) is 1. The van der Waals surface area contributed by atoms with Crippen LogP contribution in [-0.2, 0) is 26.3 Å². The van der Waals surface area contributed by atoms with E-state index in [1.54, 1.807) is 59.5 Å². The van der Waals surface area contributed by atoms with Crippen molar-refractivity contribution < 1.29 is 18.7 Å². The second kappa shape index (κ2) is 7.82. The van der Waals surface area contributed by atoms with Crippen LogP contribution in [0.15, 0.2) is 102 Å². The van der Waals surface area contributed by atoms with Crippen LogP contribution in [0, 0.1) is 17.1 Å². The van der Waals surface area contributed by atoms with E-state index < -0.39 is 23.1 Å². The van der Waals surface area contributed by atoms with Crippen molar-refractivity contribution in [2.75, 3.05) is 16.4 Å². The minimum absolute atomic E-state index is 0.0386. The third-order valence-electron chi connectivity index (χ3n) is 6.93. The minimum Gasteiger partial charge on any atom is -0.456 e. The number of carbonyl (C=O) groups is 2. The van der Waals surface area contributed by atoms with Crippen LogP contribution in [0.25, 0.3) is 0 Å². The van der Waals surface area contributed by atoms with Crippen molar-refractivity contribution in [1.29, 1.82) is 5.26 Å². The van der Waals surface area contributed by atoms with Crippen molar-refractivity contribution in [3.05, 3.63) is 118 Å². The summed E-state index contributed by atoms with van der Waals surface area (Å²) in [5.41, 5.74) is 7.05. The number of halogens is 1. The van der Waals surface area contributed by atoms with Gasteiger partial charge in [-0.3, -0.25) is 9.69 Å². The Kier molecular flexibility index (Phi) is 4.70. The third-order valence-corrected chi connectivity index (χ3v) is 6.93. The van der Waals surface area contributed by atoms with Gasteiger partial charge in [-0.2, -0.15) is 5.26 Å². The van der Waals surface area contributed by atoms with Crippen molar-refractivity contribution in [3.63, 3.8) is 0 Å². The molecule has 0 saturated heterocycles. The lowest BCUT2D eigenvalue weighted by Crippen LogP contribution is -2.50. The molecule has 8 heteroatoms. The van der Waals surface area contributed by atoms with Gasteiger partial charge in [-0.1, -0.05) is 54.6 Å². The van der Waals surface area contributed by atoms with Crippen molar-refractivity contribution in [3.8, 4) is 6.07 Å². The van der Waals surface area contributed by atoms with Crippen LogP contribution in [-0.4, -0.2) is 18.5 Å². The number of amides is 1. The zero-order valence-electron chi connectivity index (χ0n) is 18.9. The number of nitriles is 1. The van der Waals surface area contributed by atoms with Crippen molar-refractivity contribution in [1.82, 2.24) is 0 Å². The Labute approximate surface area is 206 Å². The molecule has 36 heavy (non-hydrogen) atoms. The SMILES string of the molecule is N#CC1=C(N)N(c2ccccc2)C2=C(C(=O)OC2)[C@@]12C(=O)N(Cc1ccccc1F)c1ccccc12. The maximum absolute atomic E-state index is 14.6. The maximum Gasteiger partial charge on any atom is 0.338 e. The van der Waals surface area contributed by atoms with Crippen LogP contribution in [0.4, 0.5) is 15.8 Å². The first-order chi connectivity index (χ1) is 17.5. The summed E-state index contributed by atoms with van der Waals surface area (Å²) in [6.07, 6.45) is 0. The average Bonchev–Trinajstić information content (AvgIpc) is 3.38. The highest BCUT2D eigenvalue weighted by Gasteiger charge is 2.63. The zero-order chi connectivity index (χ0) is 25.0. The number of hydrogen-bond acceptors (Lipinski definition) is 6. The fourth-order valence-electron chi connectivity index (χ4n) is 5.42. The number of fused-ring (bicyclic) bond motifs is 3. The summed E-state index contributed by atoms with van der Waals surface area (Å²) in [4.78, 5) is 30.7. The Bertz CT molecular complexity index is 1560. The lowest BCUT2D eigenvalue weighted by atomic mass is 9.67. The third kappa shape index (κ3) is 2.71. The van der Waals surface area contributed by atoms with Gasteiger partial charge < -0.3 is 15.4 Å². The van der Waals surface area contributed by atoms with Gasteiger partial charge >= 0.3 is 5.97 Å². The minimum atomic E-state index is -1.80. The Hall–Kier alpha value is -4.90. The standard InChI is InChI=1S/C28H19FN4O3/c29-21-12-6-4-8-17(21)15-32-22-13-7-5-11-19(22)28(27(32)35)20(14-30)25(31)33(18-9-2-1-3-10-18)23-16-36-26(34)24(23)28/h1-13H,15-16,31H2/t28-/m0/s1. The molecule has 0 aliphatic carbocycles. The number of anilines is 2. The fourth-order valence-corrected chi connectivity index (χ4v) is 5.42. The molecule has 3 heterocycles. The number of nitrogens with zero attached hydrogens (tertiary/aromatic N) is 3. The van der Waals surface area contributed by atoms with E-state index in [-0.39, 0.29) is 30.1 Å². The van der Waals surface area contributed by atoms with E-state index in [4.69, 9.17) is 10.5 Å². The fraction of sp³-hybridized carbons (Fsp3) is 0.107. The molecule has 0 radical (unpaired) electrons. The van der Waals surface area contributed by atoms with Crippen LogP contribution in [0.3, 0.4) is 0 Å². The lowest BCUT2D eigenvalue weighted by molar-refractivity contribution is -0.137. The molecule has 0 saturated carbocycles. The van der Waals surface area contributed by atoms with Gasteiger partial charge in [-0.15, -0.1) is 0 Å². The molecular weight excluding hydrogens is 459 g/mol. The van der Waals surface area contributed by atoms with E-state index in [2.05, 4.69) is 6.07 Å². The van der Waals surface area contributed by atoms with E-state index in [1.807, 2.05) is 18.2 Å². The lowest BCUT2D eigenvalue weighted by Gasteiger charge is -2.38. The summed E-state index contributed by atoms with van der Waals surface area (Å²) in [5.74, 6) is -1.66. The summed E-state index contributed by atoms with van der Waals surface area (Å²) >= 11 is 0. The van der Waals surface area contributed by atoms with Gasteiger partial charge in [0.05, 0.1) is 23.4 Å². The van der Waals surface area contributed by atoms with Crippen molar-refractivity contribution in [2.45, 2.75) is 12.0 Å². The average molecular weight is 478 g/mol. The molecule has 0 aromatic heterocycles. The van der Waals surface area contributed by atoms with Crippen LogP contribution in [0.2, 0.25) is 0 Å². The van der Waals surface area contributed by atoms with Crippen LogP contribution in [0.1, 0.15) is 11.1 Å². The van der Waals surface area contributed by atoms with Gasteiger partial charge in [0.1, 0.15) is 29.7 Å². The van der Waals surface area contributed by atoms with Crippen LogP contribution < -0.4 is 15.5 Å². The molecule has 0 fully saturated rings. The quantitative estimate of drug-likeness (QED) is 0.577. The zero-order valence-corrected chi connectivity index (χ0v) is 18.9. The number of carbonyl (C=O) groups excluding carboxylic acids is 2. The number of para-hydroxylation sites is 2. The van der Waals surface area contributed by atoms with E-state index in [0.717, 1.165) is 0 Å². The smallest absolute Gasteiger partial charge is 0.338 e. The predicted octanol–water partition coefficient (Wildman–Crippen LogP) is 3.64. The van der Waals surface area contributed by atoms with Gasteiger partial charge in [-0.25, -0.2) is 9.18 Å². The molecular formula is C28H19FN4O3. The highest BCUT2D eigenvalue weighted by molar-refractivity contribution is 6.19. The molecule has 7 nitrogen and oxygen atoms in total. The molecule has 3 aliphatic heterocycles. The maximum atomic E-state index is 14.6. The number of cyclic esters (lactones) is 1. The van der Waals surface area contributed by atoms with Crippen LogP contribution in [0.5, 0.6) is 0 Å². The topological polar surface area (TPSA) is 99.7 Å². The van der Waals surface area contributed by atoms with E-state index in [9.17, 15) is 19.2 Å². The van der Waals surface area contributed by atoms with Gasteiger partial charge in [0.2, 0.25) is 5.91 Å². The summed E-state index contributed by atoms with van der Waals surface area (Å²) in [6, 6.07) is 24.3. The second-order valence-electron chi connectivity index (χ2n) is 8.69. The number of ether oxygens (including phenoxy) is 1. The first-order valence-corrected chi connectivity index (χ1v) is 11.3. The van der Waals surface area contributed by atoms with E-state index in [1.165, 1.54) is 11.0 Å². The first-order valence-electron chi connectivity index (χ1n) is 11.3. The number of rotatable bonds is 3. The molecule has 0 unspecified atom stereocenters. The molecule has 6 rings (SSSR count). The largest absolute Gasteiger partial charge is 0.456 e. The number of benzene rings is 3. The molecule has 176 valence electrons. The number of esters is 1. The highest BCUT2D eigenvalue weighted by atomic mass is 19.1. The first kappa shape index (κ1) is 21.6. The van der Waals surface area contributed by atoms with Gasteiger partial charge in [0.25, 0.3) is 0 Å². The van der Waals surface area contributed by atoms with E-state index >= 15 is 0 Å². The Morgan fingerprint density at radius 3 is 2.44 bits per heavy atom. The molecule has 3 aliphatic rings. The molecule has 3 aromatic carbocycles. The second-order valence-corrected chi connectivity index (χ2v) is 8.69. The van der Waals surface area contributed by atoms with Gasteiger partial charge in [0.15, 0.2) is 0 Å². The summed E-state index contributed by atoms with van der Waals surface area (Å²) in [5, 5.41) is 10.4. The molecule has 2 N–H and O–H groups in total. The van der Waals surface area contributed by atoms with Crippen molar-refractivity contribution >= 4 is 23.3 Å². The predicted molar refractivity (Wildman–Crippen MR) is 129 cm³/mol. The Morgan fingerprint density at radius 1 is 1.00 bits per heavy atom. The monoisotopic (exact) mass is 478 g/mol. The molecule has 0 bridgehead atoms. The van der Waals surface area contributed by atoms with Crippen molar-refractivity contribution in [2.24, 2.45) is 5.73 Å². The Morgan fingerprint density at radius 2 is 1.69 bits per heavy atom. The highest BCUT2D eigenvalue weighted by Crippen LogP contribution is 2.56. The summed E-state index contributed by atoms with van der Waals surface area (Å²) in [7, 11) is 0. The van der Waals surface area contributed by atoms with Gasteiger partial charge in [-0.05, 0) is 24.3 Å². The molecule has 1 atom stereocenters.